The molecule has 88 heavy (non-hydrogen) atoms. The molecule has 0 N–H and O–H groups in total. The summed E-state index contributed by atoms with van der Waals surface area (Å²) in [5, 5.41) is 2.00. The van der Waals surface area contributed by atoms with E-state index in [4.69, 9.17) is 0 Å². The fraction of sp³-hybridized carbons (Fsp3) is 0. The fourth-order valence-electron chi connectivity index (χ4n) is 12.3. The van der Waals surface area contributed by atoms with Crippen LogP contribution in [0, 0.1) is 11.6 Å². The highest BCUT2D eigenvalue weighted by Gasteiger charge is 2.22. The maximum atomic E-state index is 14.8. The van der Waals surface area contributed by atoms with Gasteiger partial charge in [0.05, 0.1) is 22.4 Å². The summed E-state index contributed by atoms with van der Waals surface area (Å²) in [6, 6.07) is 117. The molecule has 0 unspecified atom stereocenters. The van der Waals surface area contributed by atoms with Crippen LogP contribution < -0.4 is 9.80 Å². The lowest BCUT2D eigenvalue weighted by atomic mass is 10.0. The summed E-state index contributed by atoms with van der Waals surface area (Å²) >= 11 is 0. The molecule has 418 valence electrons. The van der Waals surface area contributed by atoms with Gasteiger partial charge in [0.25, 0.3) is 0 Å². The van der Waals surface area contributed by atoms with Crippen LogP contribution in [-0.2, 0) is 0 Å². The van der Waals surface area contributed by atoms with E-state index in [-0.39, 0.29) is 11.6 Å². The van der Waals surface area contributed by atoms with Crippen LogP contribution in [-0.4, -0.2) is 9.13 Å². The molecule has 6 heteroatoms. The van der Waals surface area contributed by atoms with E-state index in [9.17, 15) is 8.78 Å². The van der Waals surface area contributed by atoms with Crippen LogP contribution in [0.15, 0.2) is 340 Å². The normalized spacial score (nSPS) is 11.3. The number of halogens is 2. The van der Waals surface area contributed by atoms with Crippen LogP contribution in [0.3, 0.4) is 0 Å². The molecule has 0 saturated heterocycles. The van der Waals surface area contributed by atoms with E-state index in [2.05, 4.69) is 286 Å². The molecule has 0 amide bonds. The van der Waals surface area contributed by atoms with Gasteiger partial charge in [-0.05, 0) is 225 Å². The van der Waals surface area contributed by atoms with Crippen molar-refractivity contribution in [3.63, 3.8) is 0 Å². The Labute approximate surface area is 510 Å². The van der Waals surface area contributed by atoms with E-state index >= 15 is 0 Å². The van der Waals surface area contributed by atoms with Gasteiger partial charge in [0.2, 0.25) is 0 Å². The summed E-state index contributed by atoms with van der Waals surface area (Å²) in [4.78, 5) is 4.59. The second-order valence-corrected chi connectivity index (χ2v) is 22.1. The lowest BCUT2D eigenvalue weighted by Crippen LogP contribution is -2.10. The molecule has 2 aromatic heterocycles. The highest BCUT2D eigenvalue weighted by molar-refractivity contribution is 6.02. The van der Waals surface area contributed by atoms with Crippen molar-refractivity contribution >= 4 is 55.9 Å². The predicted molar refractivity (Wildman–Crippen MR) is 362 cm³/mol. The molecule has 0 atom stereocenters. The first-order valence-corrected chi connectivity index (χ1v) is 29.6. The Morgan fingerprint density at radius 3 is 0.670 bits per heavy atom. The molecule has 0 fully saturated rings. The third kappa shape index (κ3) is 10.4. The fourth-order valence-corrected chi connectivity index (χ4v) is 12.3. The molecule has 0 aliphatic heterocycles. The second kappa shape index (κ2) is 23.1. The number of hydrogen-bond donors (Lipinski definition) is 0. The van der Waals surface area contributed by atoms with Gasteiger partial charge in [0.1, 0.15) is 11.6 Å². The van der Waals surface area contributed by atoms with Crippen LogP contribution in [0.2, 0.25) is 0 Å². The Morgan fingerprint density at radius 1 is 0.205 bits per heavy atom. The molecule has 0 saturated carbocycles. The molecule has 0 aliphatic carbocycles. The molecule has 2 heterocycles. The number of rotatable bonds is 14. The van der Waals surface area contributed by atoms with Gasteiger partial charge in [-0.15, -0.1) is 0 Å². The van der Waals surface area contributed by atoms with Gasteiger partial charge >= 0.3 is 0 Å². The van der Waals surface area contributed by atoms with Gasteiger partial charge in [-0.1, -0.05) is 170 Å². The average molecular weight is 1140 g/mol. The Bertz CT molecular complexity index is 4390. The van der Waals surface area contributed by atoms with E-state index in [1.54, 1.807) is 0 Å². The van der Waals surface area contributed by atoms with E-state index in [1.165, 1.54) is 24.3 Å². The van der Waals surface area contributed by atoms with Crippen molar-refractivity contribution < 1.29 is 8.78 Å². The molecule has 0 radical (unpaired) electrons. The van der Waals surface area contributed by atoms with Crippen LogP contribution in [0.25, 0.3) is 100 Å². The van der Waals surface area contributed by atoms with Crippen molar-refractivity contribution in [2.75, 3.05) is 9.80 Å². The van der Waals surface area contributed by atoms with Crippen molar-refractivity contribution in [2.45, 2.75) is 0 Å². The number of fused-ring (bicyclic) bond motifs is 2. The zero-order chi connectivity index (χ0) is 58.9. The topological polar surface area (TPSA) is 16.3 Å². The average Bonchev–Trinajstić information content (AvgIpc) is 1.80. The molecule has 15 aromatic rings. The quantitative estimate of drug-likeness (QED) is 0.108. The minimum Gasteiger partial charge on any atom is -0.311 e. The van der Waals surface area contributed by atoms with Crippen molar-refractivity contribution in [1.82, 2.24) is 9.13 Å². The van der Waals surface area contributed by atoms with Crippen LogP contribution >= 0.6 is 0 Å². The molecule has 4 nitrogen and oxygen atoms in total. The summed E-state index contributed by atoms with van der Waals surface area (Å²) in [5.74, 6) is -0.595. The number of benzene rings is 13. The Kier molecular flexibility index (Phi) is 14.0. The monoisotopic (exact) mass is 1130 g/mol. The highest BCUT2D eigenvalue weighted by atomic mass is 19.1. The molecular weight excluding hydrogens is 1080 g/mol. The molecular formula is C82H56F2N4. The number of hydrogen-bond acceptors (Lipinski definition) is 2. The minimum atomic E-state index is -0.298. The lowest BCUT2D eigenvalue weighted by Gasteiger charge is -2.26. The Balaban J connectivity index is 0.839. The van der Waals surface area contributed by atoms with Gasteiger partial charge in [0, 0.05) is 56.3 Å². The molecule has 0 bridgehead atoms. The van der Waals surface area contributed by atoms with Gasteiger partial charge < -0.3 is 18.9 Å². The maximum Gasteiger partial charge on any atom is 0.123 e. The molecule has 0 aliphatic rings. The van der Waals surface area contributed by atoms with Crippen molar-refractivity contribution in [3.05, 3.63) is 351 Å². The minimum absolute atomic E-state index is 0.298. The van der Waals surface area contributed by atoms with Gasteiger partial charge in [-0.25, -0.2) is 8.78 Å². The van der Waals surface area contributed by atoms with Crippen LogP contribution in [0.1, 0.15) is 0 Å². The van der Waals surface area contributed by atoms with E-state index < -0.39 is 0 Å². The zero-order valence-electron chi connectivity index (χ0n) is 47.9. The number of aromatic nitrogens is 2. The van der Waals surface area contributed by atoms with E-state index in [1.807, 2.05) is 48.5 Å². The smallest absolute Gasteiger partial charge is 0.123 e. The predicted octanol–water partition coefficient (Wildman–Crippen LogP) is 22.8. The van der Waals surface area contributed by atoms with Gasteiger partial charge in [-0.2, -0.15) is 0 Å². The van der Waals surface area contributed by atoms with Gasteiger partial charge in [0.15, 0.2) is 0 Å². The standard InChI is InChI=1S/C82H56F2N4/c83-69-33-21-65(22-34-69)79-53-67-56-82-68(55-81(67)87(79)77-49-45-75(46-50-77)85(71-37-25-61(26-38-71)57-13-5-1-6-14-57)72-39-27-62(28-40-72)58-15-7-2-8-16-58)54-80(66-23-35-70(84)36-24-66)88(82)78-51-47-76(48-52-78)86(73-41-29-63(30-42-73)59-17-9-3-10-18-59)74-43-31-64(32-44-74)60-19-11-4-12-20-60/h1-56H. The summed E-state index contributed by atoms with van der Waals surface area (Å²) < 4.78 is 34.1. The van der Waals surface area contributed by atoms with Crippen molar-refractivity contribution in [1.29, 1.82) is 0 Å². The van der Waals surface area contributed by atoms with E-state index in [0.717, 1.165) is 134 Å². The highest BCUT2D eigenvalue weighted by Crippen LogP contribution is 2.43. The van der Waals surface area contributed by atoms with Crippen LogP contribution in [0.5, 0.6) is 0 Å². The molecule has 13 aromatic carbocycles. The Hall–Kier alpha value is -11.6. The van der Waals surface area contributed by atoms with Crippen LogP contribution in [0.4, 0.5) is 42.9 Å². The van der Waals surface area contributed by atoms with E-state index in [0.29, 0.717) is 0 Å². The third-order valence-corrected chi connectivity index (χ3v) is 16.7. The zero-order valence-corrected chi connectivity index (χ0v) is 47.9. The number of nitrogens with zero attached hydrogens (tertiary/aromatic N) is 4. The SMILES string of the molecule is Fc1ccc(-c2cc3cc4c(cc(-c5ccc(F)cc5)n4-c4ccc(N(c5ccc(-c6ccccc6)cc5)c5ccc(-c6ccccc6)cc5)cc4)cc3n2-c2ccc(N(c3ccc(-c4ccccc4)cc3)c3ccc(-c4ccccc4)cc3)cc2)cc1. The summed E-state index contributed by atoms with van der Waals surface area (Å²) in [6.07, 6.45) is 0. The second-order valence-electron chi connectivity index (χ2n) is 22.1. The van der Waals surface area contributed by atoms with Crippen molar-refractivity contribution in [3.8, 4) is 78.4 Å². The third-order valence-electron chi connectivity index (χ3n) is 16.7. The Morgan fingerprint density at radius 2 is 0.420 bits per heavy atom. The molecule has 0 spiro atoms. The maximum absolute atomic E-state index is 14.8. The number of anilines is 6. The first kappa shape index (κ1) is 53.1. The first-order chi connectivity index (χ1) is 43.4. The largest absolute Gasteiger partial charge is 0.311 e. The summed E-state index contributed by atoms with van der Waals surface area (Å²) in [6.45, 7) is 0. The van der Waals surface area contributed by atoms with Crippen molar-refractivity contribution in [2.24, 2.45) is 0 Å². The van der Waals surface area contributed by atoms with Gasteiger partial charge in [-0.3, -0.25) is 0 Å². The first-order valence-electron chi connectivity index (χ1n) is 29.6. The summed E-state index contributed by atoms with van der Waals surface area (Å²) in [7, 11) is 0. The lowest BCUT2D eigenvalue weighted by molar-refractivity contribution is 0.627. The summed E-state index contributed by atoms with van der Waals surface area (Å²) in [5.41, 5.74) is 22.7. The molecule has 15 rings (SSSR count).